The molecule has 1 saturated carbocycles. The highest BCUT2D eigenvalue weighted by atomic mass is 19.2. The Labute approximate surface area is 176 Å². The van der Waals surface area contributed by atoms with Gasteiger partial charge in [0.15, 0.2) is 17.2 Å². The lowest BCUT2D eigenvalue weighted by molar-refractivity contribution is -0.169. The van der Waals surface area contributed by atoms with Gasteiger partial charge in [0.25, 0.3) is 0 Å². The number of carbonyl (C=O) groups is 1. The van der Waals surface area contributed by atoms with Crippen molar-refractivity contribution in [3.05, 3.63) is 59.4 Å². The first kappa shape index (κ1) is 19.7. The quantitative estimate of drug-likeness (QED) is 0.446. The first-order chi connectivity index (χ1) is 14.7. The van der Waals surface area contributed by atoms with Crippen molar-refractivity contribution in [1.82, 2.24) is 14.8 Å². The van der Waals surface area contributed by atoms with Crippen molar-refractivity contribution in [2.75, 3.05) is 0 Å². The third-order valence-corrected chi connectivity index (χ3v) is 6.29. The zero-order valence-electron chi connectivity index (χ0n) is 17.0. The van der Waals surface area contributed by atoms with Crippen LogP contribution in [-0.4, -0.2) is 36.5 Å². The van der Waals surface area contributed by atoms with E-state index in [2.05, 4.69) is 10.2 Å². The highest BCUT2D eigenvalue weighted by molar-refractivity contribution is 5.99. The summed E-state index contributed by atoms with van der Waals surface area (Å²) in [7, 11) is 0. The van der Waals surface area contributed by atoms with Gasteiger partial charge >= 0.3 is 5.97 Å². The van der Waals surface area contributed by atoms with Crippen molar-refractivity contribution < 1.29 is 23.8 Å². The largest absolute Gasteiger partial charge is 0.479 e. The van der Waals surface area contributed by atoms with Crippen molar-refractivity contribution >= 4 is 27.8 Å². The Morgan fingerprint density at radius 1 is 1.23 bits per heavy atom. The fraction of sp³-hybridized carbons (Fsp3) is 0.304. The second-order valence-corrected chi connectivity index (χ2v) is 8.66. The molecule has 0 atom stereocenters. The van der Waals surface area contributed by atoms with Crippen molar-refractivity contribution in [3.8, 4) is 5.69 Å². The molecule has 0 radical (unpaired) electrons. The standard InChI is InChI=1S/C23H21F2N3O3/c1-11(2)21-20(13-8-23(31,9-13)22(29)30)15-7-18-12(10-26-27-18)5-19(15)28(21)14-3-4-16(24)17(25)6-14/h3-7,10-11,13,31H,8-9H2,1-2H3,(H,26,27)(H,29,30). The highest BCUT2D eigenvalue weighted by Gasteiger charge is 2.51. The van der Waals surface area contributed by atoms with Gasteiger partial charge in [-0.25, -0.2) is 13.6 Å². The van der Waals surface area contributed by atoms with Crippen LogP contribution >= 0.6 is 0 Å². The molecule has 0 aliphatic heterocycles. The average molecular weight is 425 g/mol. The molecule has 0 spiro atoms. The van der Waals surface area contributed by atoms with Crippen LogP contribution < -0.4 is 0 Å². The number of hydrogen-bond acceptors (Lipinski definition) is 3. The summed E-state index contributed by atoms with van der Waals surface area (Å²) < 4.78 is 29.7. The Morgan fingerprint density at radius 3 is 2.61 bits per heavy atom. The molecular formula is C23H21F2N3O3. The molecular weight excluding hydrogens is 404 g/mol. The molecule has 2 aromatic heterocycles. The molecule has 1 aliphatic carbocycles. The number of nitrogens with one attached hydrogen (secondary N) is 1. The molecule has 160 valence electrons. The SMILES string of the molecule is CC(C)c1c(C2CC(O)(C(=O)O)C2)c2cc3[nH]ncc3cc2n1-c1ccc(F)c(F)c1. The zero-order chi connectivity index (χ0) is 22.1. The van der Waals surface area contributed by atoms with E-state index in [0.29, 0.717) is 5.69 Å². The van der Waals surface area contributed by atoms with Gasteiger partial charge in [-0.3, -0.25) is 5.10 Å². The summed E-state index contributed by atoms with van der Waals surface area (Å²) in [6.07, 6.45) is 1.89. The molecule has 0 unspecified atom stereocenters. The third kappa shape index (κ3) is 2.85. The predicted octanol–water partition coefficient (Wildman–Crippen LogP) is 4.60. The van der Waals surface area contributed by atoms with E-state index < -0.39 is 23.2 Å². The number of aliphatic carboxylic acids is 1. The number of carboxylic acids is 1. The highest BCUT2D eigenvalue weighted by Crippen LogP contribution is 2.51. The maximum absolute atomic E-state index is 14.1. The Kier molecular flexibility index (Phi) is 4.20. The molecule has 2 aromatic carbocycles. The van der Waals surface area contributed by atoms with Crippen molar-refractivity contribution in [2.24, 2.45) is 0 Å². The number of aliphatic hydroxyl groups is 1. The van der Waals surface area contributed by atoms with Gasteiger partial charge in [0, 0.05) is 28.2 Å². The average Bonchev–Trinajstić information content (AvgIpc) is 3.27. The lowest BCUT2D eigenvalue weighted by Crippen LogP contribution is -2.49. The number of halogens is 2. The van der Waals surface area contributed by atoms with Crippen LogP contribution in [0.25, 0.3) is 27.5 Å². The number of hydrogen-bond donors (Lipinski definition) is 3. The van der Waals surface area contributed by atoms with E-state index >= 15 is 0 Å². The van der Waals surface area contributed by atoms with E-state index in [1.54, 1.807) is 6.20 Å². The minimum Gasteiger partial charge on any atom is -0.479 e. The van der Waals surface area contributed by atoms with E-state index in [9.17, 15) is 23.8 Å². The van der Waals surface area contributed by atoms with Crippen LogP contribution in [0.4, 0.5) is 8.78 Å². The summed E-state index contributed by atoms with van der Waals surface area (Å²) in [5, 5.41) is 28.5. The second-order valence-electron chi connectivity index (χ2n) is 8.66. The Balaban J connectivity index is 1.82. The molecule has 3 N–H and O–H groups in total. The number of nitrogens with zero attached hydrogens (tertiary/aromatic N) is 2. The molecule has 0 bridgehead atoms. The molecule has 1 aliphatic rings. The lowest BCUT2D eigenvalue weighted by atomic mass is 9.67. The van der Waals surface area contributed by atoms with E-state index in [1.807, 2.05) is 30.5 Å². The normalized spacial score (nSPS) is 21.2. The predicted molar refractivity (Wildman–Crippen MR) is 111 cm³/mol. The number of benzene rings is 2. The molecule has 0 saturated heterocycles. The molecule has 2 heterocycles. The summed E-state index contributed by atoms with van der Waals surface area (Å²) in [4.78, 5) is 11.5. The maximum Gasteiger partial charge on any atom is 0.335 e. The van der Waals surface area contributed by atoms with Gasteiger partial charge < -0.3 is 14.8 Å². The van der Waals surface area contributed by atoms with Gasteiger partial charge in [-0.15, -0.1) is 0 Å². The number of rotatable bonds is 4. The zero-order valence-corrected chi connectivity index (χ0v) is 17.0. The number of aromatic amines is 1. The number of fused-ring (bicyclic) bond motifs is 2. The van der Waals surface area contributed by atoms with Gasteiger partial charge in [0.2, 0.25) is 0 Å². The van der Waals surface area contributed by atoms with Crippen molar-refractivity contribution in [1.29, 1.82) is 0 Å². The Bertz CT molecular complexity index is 1350. The number of carboxylic acid groups (broad SMARTS) is 1. The van der Waals surface area contributed by atoms with E-state index in [1.165, 1.54) is 12.1 Å². The van der Waals surface area contributed by atoms with Crippen LogP contribution in [0.5, 0.6) is 0 Å². The number of aromatic nitrogens is 3. The van der Waals surface area contributed by atoms with E-state index in [-0.39, 0.29) is 24.7 Å². The topological polar surface area (TPSA) is 91.1 Å². The summed E-state index contributed by atoms with van der Waals surface area (Å²) >= 11 is 0. The third-order valence-electron chi connectivity index (χ3n) is 6.29. The maximum atomic E-state index is 14.1. The van der Waals surface area contributed by atoms with Crippen LogP contribution in [0.3, 0.4) is 0 Å². The summed E-state index contributed by atoms with van der Waals surface area (Å²) in [5.74, 6) is -3.26. The molecule has 1 fully saturated rings. The summed E-state index contributed by atoms with van der Waals surface area (Å²) in [6.45, 7) is 4.01. The smallest absolute Gasteiger partial charge is 0.335 e. The minimum atomic E-state index is -1.74. The van der Waals surface area contributed by atoms with Gasteiger partial charge in [0.05, 0.1) is 17.2 Å². The van der Waals surface area contributed by atoms with E-state index in [0.717, 1.165) is 39.1 Å². The monoisotopic (exact) mass is 425 g/mol. The first-order valence-electron chi connectivity index (χ1n) is 10.1. The molecule has 4 aromatic rings. The van der Waals surface area contributed by atoms with Gasteiger partial charge in [-0.05, 0) is 54.5 Å². The van der Waals surface area contributed by atoms with Crippen LogP contribution in [0, 0.1) is 11.6 Å². The number of H-pyrrole nitrogens is 1. The summed E-state index contributed by atoms with van der Waals surface area (Å²) in [6, 6.07) is 7.68. The van der Waals surface area contributed by atoms with Crippen molar-refractivity contribution in [3.63, 3.8) is 0 Å². The van der Waals surface area contributed by atoms with Crippen LogP contribution in [0.2, 0.25) is 0 Å². The van der Waals surface area contributed by atoms with Gasteiger partial charge in [-0.1, -0.05) is 13.8 Å². The van der Waals surface area contributed by atoms with Gasteiger partial charge in [-0.2, -0.15) is 5.10 Å². The minimum absolute atomic E-state index is 0.00509. The van der Waals surface area contributed by atoms with Crippen molar-refractivity contribution in [2.45, 2.75) is 44.1 Å². The fourth-order valence-corrected chi connectivity index (χ4v) is 4.80. The Morgan fingerprint density at radius 2 is 1.97 bits per heavy atom. The lowest BCUT2D eigenvalue weighted by Gasteiger charge is -2.41. The molecule has 6 nitrogen and oxygen atoms in total. The first-order valence-corrected chi connectivity index (χ1v) is 10.1. The molecule has 8 heteroatoms. The second kappa shape index (κ2) is 6.62. The molecule has 0 amide bonds. The fourth-order valence-electron chi connectivity index (χ4n) is 4.80. The van der Waals surface area contributed by atoms with E-state index in [4.69, 9.17) is 0 Å². The van der Waals surface area contributed by atoms with Crippen LogP contribution in [0.1, 0.15) is 49.8 Å². The van der Waals surface area contributed by atoms with Gasteiger partial charge in [0.1, 0.15) is 0 Å². The summed E-state index contributed by atoms with van der Waals surface area (Å²) in [5.41, 5.74) is 2.17. The van der Waals surface area contributed by atoms with Crippen LogP contribution in [-0.2, 0) is 4.79 Å². The molecule has 31 heavy (non-hydrogen) atoms. The Hall–Kier alpha value is -3.26. The van der Waals surface area contributed by atoms with Crippen LogP contribution in [0.15, 0.2) is 36.5 Å². The molecule has 5 rings (SSSR count).